The number of thioether (sulfide) groups is 1. The molecule has 3 aromatic rings. The maximum absolute atomic E-state index is 11.4. The fourth-order valence-corrected chi connectivity index (χ4v) is 2.94. The van der Waals surface area contributed by atoms with Crippen molar-refractivity contribution in [1.29, 1.82) is 0 Å². The topological polar surface area (TPSA) is 90.9 Å². The first-order valence-corrected chi connectivity index (χ1v) is 8.68. The molecule has 1 aromatic heterocycles. The van der Waals surface area contributed by atoms with Crippen molar-refractivity contribution < 1.29 is 14.6 Å². The molecule has 1 N–H and O–H groups in total. The van der Waals surface area contributed by atoms with Crippen LogP contribution in [-0.4, -0.2) is 28.3 Å². The van der Waals surface area contributed by atoms with Crippen molar-refractivity contribution in [3.63, 3.8) is 0 Å². The molecule has 8 heteroatoms. The Morgan fingerprint density at radius 1 is 1.19 bits per heavy atom. The number of benzene rings is 2. The van der Waals surface area contributed by atoms with Crippen molar-refractivity contribution in [2.45, 2.75) is 5.16 Å². The summed E-state index contributed by atoms with van der Waals surface area (Å²) >= 11 is 6.77. The van der Waals surface area contributed by atoms with Gasteiger partial charge in [0.25, 0.3) is 0 Å². The summed E-state index contributed by atoms with van der Waals surface area (Å²) in [4.78, 5) is 15.7. The van der Waals surface area contributed by atoms with Crippen LogP contribution in [0, 0.1) is 0 Å². The number of methoxy groups -OCH3 is 1. The van der Waals surface area contributed by atoms with Crippen LogP contribution in [0.15, 0.2) is 58.6 Å². The van der Waals surface area contributed by atoms with Gasteiger partial charge in [0.1, 0.15) is 5.75 Å². The number of hydrogen-bond acceptors (Lipinski definition) is 6. The van der Waals surface area contributed by atoms with Gasteiger partial charge in [-0.25, -0.2) is 4.98 Å². The molecule has 0 saturated carbocycles. The van der Waals surface area contributed by atoms with E-state index in [4.69, 9.17) is 16.3 Å². The van der Waals surface area contributed by atoms with E-state index >= 15 is 0 Å². The monoisotopic (exact) mass is 386 g/mol. The molecule has 0 saturated heterocycles. The SMILES string of the molecule is COc1ccc(/C=C(\Sc2n[nH]c(-c3ccc(Cl)cc3)n2)C(=O)[O-])cc1. The maximum Gasteiger partial charge on any atom is 0.213 e. The van der Waals surface area contributed by atoms with Crippen LogP contribution in [0.1, 0.15) is 5.56 Å². The molecular formula is C18H13ClN3O3S-. The normalized spacial score (nSPS) is 11.4. The van der Waals surface area contributed by atoms with Gasteiger partial charge in [0.15, 0.2) is 5.82 Å². The lowest BCUT2D eigenvalue weighted by molar-refractivity contribution is -0.297. The average Bonchev–Trinajstić information content (AvgIpc) is 3.11. The molecule has 0 unspecified atom stereocenters. The van der Waals surface area contributed by atoms with E-state index in [1.165, 1.54) is 6.08 Å². The van der Waals surface area contributed by atoms with Crippen LogP contribution in [0.5, 0.6) is 5.75 Å². The molecule has 0 aliphatic rings. The molecule has 0 atom stereocenters. The number of nitrogens with one attached hydrogen (secondary N) is 1. The van der Waals surface area contributed by atoms with Crippen molar-refractivity contribution in [2.75, 3.05) is 7.11 Å². The largest absolute Gasteiger partial charge is 0.544 e. The number of ether oxygens (including phenoxy) is 1. The number of aromatic nitrogens is 3. The molecular weight excluding hydrogens is 374 g/mol. The number of halogens is 1. The van der Waals surface area contributed by atoms with E-state index in [1.807, 2.05) is 0 Å². The van der Waals surface area contributed by atoms with E-state index in [2.05, 4.69) is 15.2 Å². The molecule has 0 spiro atoms. The fraction of sp³-hybridized carbons (Fsp3) is 0.0556. The number of carboxylic acid groups (broad SMARTS) is 1. The van der Waals surface area contributed by atoms with Gasteiger partial charge in [-0.2, -0.15) is 0 Å². The molecule has 1 heterocycles. The van der Waals surface area contributed by atoms with Crippen molar-refractivity contribution in [1.82, 2.24) is 15.2 Å². The van der Waals surface area contributed by atoms with Crippen LogP contribution in [-0.2, 0) is 4.79 Å². The zero-order valence-corrected chi connectivity index (χ0v) is 15.2. The van der Waals surface area contributed by atoms with E-state index in [0.717, 1.165) is 17.3 Å². The first kappa shape index (κ1) is 18.0. The van der Waals surface area contributed by atoms with Gasteiger partial charge < -0.3 is 14.6 Å². The van der Waals surface area contributed by atoms with Gasteiger partial charge in [-0.05, 0) is 59.8 Å². The second-order valence-corrected chi connectivity index (χ2v) is 6.59. The Morgan fingerprint density at radius 2 is 1.88 bits per heavy atom. The van der Waals surface area contributed by atoms with Gasteiger partial charge in [0, 0.05) is 15.5 Å². The van der Waals surface area contributed by atoms with Crippen molar-refractivity contribution in [3.05, 3.63) is 64.0 Å². The first-order chi connectivity index (χ1) is 12.5. The predicted molar refractivity (Wildman–Crippen MR) is 98.7 cm³/mol. The third-order valence-corrected chi connectivity index (χ3v) is 4.52. The van der Waals surface area contributed by atoms with Gasteiger partial charge in [-0.15, -0.1) is 5.10 Å². The summed E-state index contributed by atoms with van der Waals surface area (Å²) in [6.45, 7) is 0. The minimum atomic E-state index is -1.30. The van der Waals surface area contributed by atoms with E-state index in [9.17, 15) is 9.90 Å². The summed E-state index contributed by atoms with van der Waals surface area (Å²) < 4.78 is 5.08. The zero-order valence-electron chi connectivity index (χ0n) is 13.6. The van der Waals surface area contributed by atoms with Crippen LogP contribution in [0.3, 0.4) is 0 Å². The number of carboxylic acids is 1. The quantitative estimate of drug-likeness (QED) is 0.517. The van der Waals surface area contributed by atoms with Gasteiger partial charge >= 0.3 is 0 Å². The Labute approximate surface area is 158 Å². The van der Waals surface area contributed by atoms with Crippen molar-refractivity contribution >= 4 is 35.4 Å². The van der Waals surface area contributed by atoms with E-state index < -0.39 is 5.97 Å². The molecule has 0 amide bonds. The Kier molecular flexibility index (Phi) is 5.60. The van der Waals surface area contributed by atoms with Crippen LogP contribution >= 0.6 is 23.4 Å². The number of H-pyrrole nitrogens is 1. The third kappa shape index (κ3) is 4.44. The van der Waals surface area contributed by atoms with E-state index in [0.29, 0.717) is 22.2 Å². The van der Waals surface area contributed by atoms with Gasteiger partial charge in [0.05, 0.1) is 13.1 Å². The van der Waals surface area contributed by atoms with Crippen molar-refractivity contribution in [2.24, 2.45) is 0 Å². The number of hydrogen-bond donors (Lipinski definition) is 1. The van der Waals surface area contributed by atoms with Gasteiger partial charge in [-0.3, -0.25) is 5.10 Å². The molecule has 0 fully saturated rings. The maximum atomic E-state index is 11.4. The Morgan fingerprint density at radius 3 is 2.50 bits per heavy atom. The lowest BCUT2D eigenvalue weighted by Gasteiger charge is -2.06. The zero-order chi connectivity index (χ0) is 18.5. The minimum absolute atomic E-state index is 0.00294. The van der Waals surface area contributed by atoms with Crippen LogP contribution in [0.2, 0.25) is 5.02 Å². The second-order valence-electron chi connectivity index (χ2n) is 5.14. The van der Waals surface area contributed by atoms with Crippen LogP contribution in [0.25, 0.3) is 17.5 Å². The average molecular weight is 387 g/mol. The summed E-state index contributed by atoms with van der Waals surface area (Å²) in [7, 11) is 1.56. The number of aliphatic carboxylic acids is 1. The number of rotatable bonds is 6. The minimum Gasteiger partial charge on any atom is -0.544 e. The molecule has 6 nitrogen and oxygen atoms in total. The number of carbonyl (C=O) groups is 1. The number of carbonyl (C=O) groups excluding carboxylic acids is 1. The van der Waals surface area contributed by atoms with Gasteiger partial charge in [-0.1, -0.05) is 23.7 Å². The first-order valence-electron chi connectivity index (χ1n) is 7.48. The molecule has 0 bridgehead atoms. The van der Waals surface area contributed by atoms with Crippen LogP contribution in [0.4, 0.5) is 0 Å². The highest BCUT2D eigenvalue weighted by atomic mass is 35.5. The summed E-state index contributed by atoms with van der Waals surface area (Å²) in [5.41, 5.74) is 1.49. The lowest BCUT2D eigenvalue weighted by atomic mass is 10.2. The molecule has 0 aliphatic heterocycles. The Balaban J connectivity index is 1.81. The third-order valence-electron chi connectivity index (χ3n) is 3.40. The van der Waals surface area contributed by atoms with E-state index in [-0.39, 0.29) is 10.1 Å². The highest BCUT2D eigenvalue weighted by Crippen LogP contribution is 2.27. The summed E-state index contributed by atoms with van der Waals surface area (Å²) in [6.07, 6.45) is 1.50. The molecule has 0 aliphatic carbocycles. The molecule has 2 aromatic carbocycles. The molecule has 0 radical (unpaired) electrons. The van der Waals surface area contributed by atoms with E-state index in [1.54, 1.807) is 55.6 Å². The standard InChI is InChI=1S/C18H14ClN3O3S/c1-25-14-8-2-11(3-9-14)10-15(17(23)24)26-18-20-16(21-22-18)12-4-6-13(19)7-5-12/h2-10H,1H3,(H,23,24)(H,20,21,22)/p-1/b15-10-. The summed E-state index contributed by atoms with van der Waals surface area (Å²) in [5.74, 6) is -0.0960. The lowest BCUT2D eigenvalue weighted by Crippen LogP contribution is -2.23. The Hall–Kier alpha value is -2.77. The van der Waals surface area contributed by atoms with Gasteiger partial charge in [0.2, 0.25) is 5.16 Å². The molecule has 3 rings (SSSR count). The smallest absolute Gasteiger partial charge is 0.213 e. The molecule has 132 valence electrons. The summed E-state index contributed by atoms with van der Waals surface area (Å²) in [5, 5.41) is 19.2. The highest BCUT2D eigenvalue weighted by molar-refractivity contribution is 8.04. The second kappa shape index (κ2) is 8.07. The summed E-state index contributed by atoms with van der Waals surface area (Å²) in [6, 6.07) is 14.1. The predicted octanol–water partition coefficient (Wildman–Crippen LogP) is 3.02. The fourth-order valence-electron chi connectivity index (χ4n) is 2.11. The Bertz CT molecular complexity index is 937. The number of nitrogens with zero attached hydrogens (tertiary/aromatic N) is 2. The number of aromatic amines is 1. The molecule has 26 heavy (non-hydrogen) atoms. The van der Waals surface area contributed by atoms with Crippen molar-refractivity contribution in [3.8, 4) is 17.1 Å². The highest BCUT2D eigenvalue weighted by Gasteiger charge is 2.10. The van der Waals surface area contributed by atoms with Crippen LogP contribution < -0.4 is 9.84 Å².